The Morgan fingerprint density at radius 1 is 1.21 bits per heavy atom. The zero-order valence-electron chi connectivity index (χ0n) is 11.1. The normalized spacial score (nSPS) is 23.2. The van der Waals surface area contributed by atoms with E-state index in [0.29, 0.717) is 24.2 Å². The molecule has 1 heterocycles. The molecule has 0 spiro atoms. The zero-order valence-corrected chi connectivity index (χ0v) is 11.1. The molecule has 5 nitrogen and oxygen atoms in total. The van der Waals surface area contributed by atoms with E-state index in [2.05, 4.69) is 0 Å². The summed E-state index contributed by atoms with van der Waals surface area (Å²) in [5.74, 6) is -0.622. The summed E-state index contributed by atoms with van der Waals surface area (Å²) >= 11 is 0. The van der Waals surface area contributed by atoms with Crippen molar-refractivity contribution in [1.29, 1.82) is 0 Å². The van der Waals surface area contributed by atoms with Crippen LogP contribution in [0.2, 0.25) is 0 Å². The topological polar surface area (TPSA) is 72.6 Å². The number of ether oxygens (including phenoxy) is 1. The predicted molar refractivity (Wildman–Crippen MR) is 70.9 cm³/mol. The summed E-state index contributed by atoms with van der Waals surface area (Å²) in [4.78, 5) is 25.3. The Morgan fingerprint density at radius 2 is 1.79 bits per heavy atom. The van der Waals surface area contributed by atoms with Crippen molar-refractivity contribution in [1.82, 2.24) is 4.90 Å². The SMILES string of the molecule is CC1CN(C(=O)c2cccc(C(N)=O)c2)CC(C)O1. The highest BCUT2D eigenvalue weighted by molar-refractivity contribution is 5.99. The van der Waals surface area contributed by atoms with E-state index in [1.54, 1.807) is 23.1 Å². The Morgan fingerprint density at radius 3 is 2.37 bits per heavy atom. The summed E-state index contributed by atoms with van der Waals surface area (Å²) in [6.45, 7) is 5.00. The van der Waals surface area contributed by atoms with Crippen LogP contribution in [-0.4, -0.2) is 42.0 Å². The first-order valence-corrected chi connectivity index (χ1v) is 6.32. The van der Waals surface area contributed by atoms with Crippen molar-refractivity contribution in [3.63, 3.8) is 0 Å². The van der Waals surface area contributed by atoms with Crippen molar-refractivity contribution in [2.24, 2.45) is 5.73 Å². The lowest BCUT2D eigenvalue weighted by Gasteiger charge is -2.35. The quantitative estimate of drug-likeness (QED) is 0.865. The molecule has 1 fully saturated rings. The third-order valence-corrected chi connectivity index (χ3v) is 3.10. The highest BCUT2D eigenvalue weighted by Crippen LogP contribution is 2.15. The van der Waals surface area contributed by atoms with Gasteiger partial charge in [0.2, 0.25) is 5.91 Å². The molecule has 0 saturated carbocycles. The molecule has 2 atom stereocenters. The molecule has 2 rings (SSSR count). The van der Waals surface area contributed by atoms with E-state index in [9.17, 15) is 9.59 Å². The summed E-state index contributed by atoms with van der Waals surface area (Å²) in [7, 11) is 0. The molecule has 1 aromatic rings. The second-order valence-corrected chi connectivity index (χ2v) is 4.91. The van der Waals surface area contributed by atoms with Crippen molar-refractivity contribution in [2.45, 2.75) is 26.1 Å². The standard InChI is InChI=1S/C14H18N2O3/c1-9-7-16(8-10(2)19-9)14(18)12-5-3-4-11(6-12)13(15)17/h3-6,9-10H,7-8H2,1-2H3,(H2,15,17). The second kappa shape index (κ2) is 5.40. The summed E-state index contributed by atoms with van der Waals surface area (Å²) in [6, 6.07) is 6.50. The maximum atomic E-state index is 12.4. The molecule has 102 valence electrons. The predicted octanol–water partition coefficient (Wildman–Crippen LogP) is 1.03. The Hall–Kier alpha value is -1.88. The van der Waals surface area contributed by atoms with Gasteiger partial charge in [0.25, 0.3) is 5.91 Å². The first-order chi connectivity index (χ1) is 8.97. The van der Waals surface area contributed by atoms with Crippen LogP contribution in [0.4, 0.5) is 0 Å². The largest absolute Gasteiger partial charge is 0.372 e. The van der Waals surface area contributed by atoms with Gasteiger partial charge in [0, 0.05) is 24.2 Å². The average Bonchev–Trinajstić information content (AvgIpc) is 2.37. The average molecular weight is 262 g/mol. The molecule has 1 aromatic carbocycles. The molecule has 5 heteroatoms. The van der Waals surface area contributed by atoms with E-state index in [-0.39, 0.29) is 18.1 Å². The van der Waals surface area contributed by atoms with Crippen LogP contribution in [0, 0.1) is 0 Å². The second-order valence-electron chi connectivity index (χ2n) is 4.91. The minimum Gasteiger partial charge on any atom is -0.372 e. The molecule has 2 N–H and O–H groups in total. The molecular weight excluding hydrogens is 244 g/mol. The number of nitrogens with zero attached hydrogens (tertiary/aromatic N) is 1. The summed E-state index contributed by atoms with van der Waals surface area (Å²) in [5, 5.41) is 0. The van der Waals surface area contributed by atoms with Gasteiger partial charge in [-0.1, -0.05) is 6.07 Å². The van der Waals surface area contributed by atoms with Crippen LogP contribution in [0.1, 0.15) is 34.6 Å². The van der Waals surface area contributed by atoms with Crippen LogP contribution in [0.25, 0.3) is 0 Å². The zero-order chi connectivity index (χ0) is 14.0. The monoisotopic (exact) mass is 262 g/mol. The van der Waals surface area contributed by atoms with Gasteiger partial charge in [-0.25, -0.2) is 0 Å². The Kier molecular flexibility index (Phi) is 3.85. The molecule has 0 bridgehead atoms. The van der Waals surface area contributed by atoms with Crippen molar-refractivity contribution < 1.29 is 14.3 Å². The smallest absolute Gasteiger partial charge is 0.254 e. The molecule has 1 saturated heterocycles. The van der Waals surface area contributed by atoms with E-state index in [0.717, 1.165) is 0 Å². The molecule has 0 radical (unpaired) electrons. The van der Waals surface area contributed by atoms with Gasteiger partial charge in [0.1, 0.15) is 0 Å². The van der Waals surface area contributed by atoms with Crippen LogP contribution in [-0.2, 0) is 4.74 Å². The van der Waals surface area contributed by atoms with E-state index in [1.165, 1.54) is 6.07 Å². The summed E-state index contributed by atoms with van der Waals surface area (Å²) in [6.07, 6.45) is 0.0408. The fourth-order valence-electron chi connectivity index (χ4n) is 2.33. The first-order valence-electron chi connectivity index (χ1n) is 6.32. The molecule has 1 aliphatic heterocycles. The number of primary amides is 1. The minimum absolute atomic E-state index is 0.0204. The van der Waals surface area contributed by atoms with Crippen LogP contribution in [0.5, 0.6) is 0 Å². The third-order valence-electron chi connectivity index (χ3n) is 3.10. The number of rotatable bonds is 2. The lowest BCUT2D eigenvalue weighted by Crippen LogP contribution is -2.48. The number of nitrogens with two attached hydrogens (primary N) is 1. The van der Waals surface area contributed by atoms with Gasteiger partial charge >= 0.3 is 0 Å². The number of carbonyl (C=O) groups is 2. The van der Waals surface area contributed by atoms with Gasteiger partial charge in [-0.2, -0.15) is 0 Å². The van der Waals surface area contributed by atoms with E-state index in [4.69, 9.17) is 10.5 Å². The Bertz CT molecular complexity index is 491. The minimum atomic E-state index is -0.529. The lowest BCUT2D eigenvalue weighted by molar-refractivity contribution is -0.0586. The van der Waals surface area contributed by atoms with Gasteiger partial charge in [0.15, 0.2) is 0 Å². The van der Waals surface area contributed by atoms with Gasteiger partial charge < -0.3 is 15.4 Å². The number of hydrogen-bond acceptors (Lipinski definition) is 3. The van der Waals surface area contributed by atoms with Gasteiger partial charge in [0.05, 0.1) is 12.2 Å². The molecular formula is C14H18N2O3. The molecule has 0 aromatic heterocycles. The van der Waals surface area contributed by atoms with Crippen molar-refractivity contribution in [2.75, 3.05) is 13.1 Å². The van der Waals surface area contributed by atoms with Gasteiger partial charge in [-0.3, -0.25) is 9.59 Å². The Labute approximate surface area is 112 Å². The van der Waals surface area contributed by atoms with Crippen LogP contribution >= 0.6 is 0 Å². The van der Waals surface area contributed by atoms with Crippen molar-refractivity contribution in [3.8, 4) is 0 Å². The number of amides is 2. The molecule has 19 heavy (non-hydrogen) atoms. The first kappa shape index (κ1) is 13.5. The highest BCUT2D eigenvalue weighted by atomic mass is 16.5. The van der Waals surface area contributed by atoms with E-state index in [1.807, 2.05) is 13.8 Å². The van der Waals surface area contributed by atoms with E-state index >= 15 is 0 Å². The van der Waals surface area contributed by atoms with Crippen LogP contribution in [0.3, 0.4) is 0 Å². The molecule has 1 aliphatic rings. The van der Waals surface area contributed by atoms with Gasteiger partial charge in [-0.05, 0) is 32.0 Å². The summed E-state index contributed by atoms with van der Waals surface area (Å²) in [5.41, 5.74) is 6.05. The third kappa shape index (κ3) is 3.12. The fraction of sp³-hybridized carbons (Fsp3) is 0.429. The number of hydrogen-bond donors (Lipinski definition) is 1. The Balaban J connectivity index is 2.19. The maximum Gasteiger partial charge on any atom is 0.254 e. The summed E-state index contributed by atoms with van der Waals surface area (Å²) < 4.78 is 5.60. The molecule has 0 aliphatic carbocycles. The fourth-order valence-corrected chi connectivity index (χ4v) is 2.33. The number of benzene rings is 1. The molecule has 2 unspecified atom stereocenters. The number of morpholine rings is 1. The van der Waals surface area contributed by atoms with Crippen molar-refractivity contribution >= 4 is 11.8 Å². The van der Waals surface area contributed by atoms with Crippen LogP contribution in [0.15, 0.2) is 24.3 Å². The lowest BCUT2D eigenvalue weighted by atomic mass is 10.1. The van der Waals surface area contributed by atoms with E-state index < -0.39 is 5.91 Å². The van der Waals surface area contributed by atoms with Crippen molar-refractivity contribution in [3.05, 3.63) is 35.4 Å². The maximum absolute atomic E-state index is 12.4. The van der Waals surface area contributed by atoms with Gasteiger partial charge in [-0.15, -0.1) is 0 Å². The highest BCUT2D eigenvalue weighted by Gasteiger charge is 2.26. The van der Waals surface area contributed by atoms with Crippen LogP contribution < -0.4 is 5.73 Å². The number of carbonyl (C=O) groups excluding carboxylic acids is 2. The molecule has 2 amide bonds.